The minimum atomic E-state index is -0.488. The Labute approximate surface area is 179 Å². The van der Waals surface area contributed by atoms with Crippen LogP contribution in [-0.4, -0.2) is 32.1 Å². The second-order valence-electron chi connectivity index (χ2n) is 7.89. The molecule has 0 fully saturated rings. The predicted octanol–water partition coefficient (Wildman–Crippen LogP) is 3.85. The summed E-state index contributed by atoms with van der Waals surface area (Å²) < 4.78 is 15.8. The summed E-state index contributed by atoms with van der Waals surface area (Å²) >= 11 is 0. The van der Waals surface area contributed by atoms with E-state index in [0.29, 0.717) is 19.6 Å². The molecule has 0 aliphatic carbocycles. The number of hydrogen-bond donors (Lipinski definition) is 1. The van der Waals surface area contributed by atoms with Crippen LogP contribution in [0.3, 0.4) is 0 Å². The van der Waals surface area contributed by atoms with E-state index in [9.17, 15) is 9.18 Å². The number of aromatic nitrogens is 3. The van der Waals surface area contributed by atoms with Gasteiger partial charge in [-0.3, -0.25) is 19.4 Å². The number of aryl methyl sites for hydroxylation is 1. The third kappa shape index (κ3) is 3.80. The zero-order valence-electron chi connectivity index (χ0n) is 17.1. The van der Waals surface area contributed by atoms with Crippen molar-refractivity contribution in [1.29, 1.82) is 0 Å². The normalized spacial score (nSPS) is 16.3. The van der Waals surface area contributed by atoms with E-state index in [-0.39, 0.29) is 11.6 Å². The Morgan fingerprint density at radius 3 is 2.90 bits per heavy atom. The van der Waals surface area contributed by atoms with Gasteiger partial charge >= 0.3 is 0 Å². The first-order valence-electron chi connectivity index (χ1n) is 10.2. The first-order chi connectivity index (χ1) is 15.1. The molecule has 3 heterocycles. The van der Waals surface area contributed by atoms with E-state index in [2.05, 4.69) is 32.4 Å². The molecule has 7 heteroatoms. The predicted molar refractivity (Wildman–Crippen MR) is 117 cm³/mol. The third-order valence-corrected chi connectivity index (χ3v) is 5.68. The van der Waals surface area contributed by atoms with Gasteiger partial charge in [0.15, 0.2) is 0 Å². The van der Waals surface area contributed by atoms with Gasteiger partial charge in [0.2, 0.25) is 5.91 Å². The number of halogens is 1. The van der Waals surface area contributed by atoms with E-state index in [1.54, 1.807) is 29.1 Å². The van der Waals surface area contributed by atoms with Crippen molar-refractivity contribution < 1.29 is 9.18 Å². The Kier molecular flexibility index (Phi) is 4.95. The topological polar surface area (TPSA) is 63.1 Å². The van der Waals surface area contributed by atoms with Crippen LogP contribution in [0.1, 0.15) is 22.7 Å². The number of nitrogens with one attached hydrogen (secondary N) is 1. The van der Waals surface area contributed by atoms with E-state index in [1.165, 1.54) is 6.07 Å². The number of nitrogens with zero attached hydrogens (tertiary/aromatic N) is 4. The summed E-state index contributed by atoms with van der Waals surface area (Å²) in [5, 5.41) is 8.38. The second-order valence-corrected chi connectivity index (χ2v) is 7.89. The molecule has 0 saturated carbocycles. The summed E-state index contributed by atoms with van der Waals surface area (Å²) in [6, 6.07) is 16.3. The molecule has 1 aliphatic heterocycles. The fourth-order valence-electron chi connectivity index (χ4n) is 4.28. The van der Waals surface area contributed by atoms with Crippen molar-refractivity contribution in [2.24, 2.45) is 7.05 Å². The SMILES string of the molecule is Cn1cc2c(n1)C(C(=O)Nc1ccccc1F)CN(Cc1cccc3ncccc13)C2. The van der Waals surface area contributed by atoms with Crippen molar-refractivity contribution in [2.45, 2.75) is 19.0 Å². The number of hydrogen-bond acceptors (Lipinski definition) is 4. The van der Waals surface area contributed by atoms with E-state index in [1.807, 2.05) is 31.4 Å². The summed E-state index contributed by atoms with van der Waals surface area (Å²) in [6.07, 6.45) is 3.74. The fourth-order valence-corrected chi connectivity index (χ4v) is 4.28. The number of carbonyl (C=O) groups excluding carboxylic acids is 1. The quantitative estimate of drug-likeness (QED) is 0.550. The van der Waals surface area contributed by atoms with Gasteiger partial charge < -0.3 is 5.32 Å². The Bertz CT molecular complexity index is 1260. The fraction of sp³-hybridized carbons (Fsp3) is 0.208. The summed E-state index contributed by atoms with van der Waals surface area (Å²) in [7, 11) is 1.85. The van der Waals surface area contributed by atoms with Crippen molar-refractivity contribution in [3.8, 4) is 0 Å². The van der Waals surface area contributed by atoms with Crippen LogP contribution in [-0.2, 0) is 24.9 Å². The van der Waals surface area contributed by atoms with Crippen molar-refractivity contribution in [3.63, 3.8) is 0 Å². The number of benzene rings is 2. The average Bonchev–Trinajstić information content (AvgIpc) is 3.15. The maximum absolute atomic E-state index is 14.1. The zero-order valence-corrected chi connectivity index (χ0v) is 17.1. The molecule has 1 aliphatic rings. The highest BCUT2D eigenvalue weighted by molar-refractivity contribution is 5.96. The highest BCUT2D eigenvalue weighted by atomic mass is 19.1. The van der Waals surface area contributed by atoms with Crippen LogP contribution in [0.2, 0.25) is 0 Å². The number of carbonyl (C=O) groups is 1. The Balaban J connectivity index is 1.43. The zero-order chi connectivity index (χ0) is 21.4. The monoisotopic (exact) mass is 415 g/mol. The van der Waals surface area contributed by atoms with Crippen molar-refractivity contribution in [1.82, 2.24) is 19.7 Å². The van der Waals surface area contributed by atoms with Crippen molar-refractivity contribution in [3.05, 3.63) is 89.6 Å². The molecule has 6 nitrogen and oxygen atoms in total. The summed E-state index contributed by atoms with van der Waals surface area (Å²) in [4.78, 5) is 19.8. The summed E-state index contributed by atoms with van der Waals surface area (Å²) in [5.74, 6) is -1.19. The smallest absolute Gasteiger partial charge is 0.234 e. The van der Waals surface area contributed by atoms with Gasteiger partial charge in [-0.1, -0.05) is 30.3 Å². The molecule has 0 bridgehead atoms. The van der Waals surface area contributed by atoms with Crippen LogP contribution in [0.15, 0.2) is 67.0 Å². The number of amides is 1. The van der Waals surface area contributed by atoms with E-state index in [0.717, 1.165) is 27.7 Å². The molecular weight excluding hydrogens is 393 g/mol. The van der Waals surface area contributed by atoms with Gasteiger partial charge in [-0.25, -0.2) is 4.39 Å². The minimum absolute atomic E-state index is 0.183. The van der Waals surface area contributed by atoms with E-state index < -0.39 is 11.7 Å². The highest BCUT2D eigenvalue weighted by Crippen LogP contribution is 2.30. The lowest BCUT2D eigenvalue weighted by atomic mass is 9.94. The molecule has 1 N–H and O–H groups in total. The molecule has 156 valence electrons. The van der Waals surface area contributed by atoms with Crippen molar-refractivity contribution in [2.75, 3.05) is 11.9 Å². The Morgan fingerprint density at radius 2 is 2.03 bits per heavy atom. The first kappa shape index (κ1) is 19.4. The summed E-state index contributed by atoms with van der Waals surface area (Å²) in [6.45, 7) is 1.88. The molecule has 5 rings (SSSR count). The number of fused-ring (bicyclic) bond motifs is 2. The largest absolute Gasteiger partial charge is 0.323 e. The van der Waals surface area contributed by atoms with Crippen LogP contribution < -0.4 is 5.32 Å². The van der Waals surface area contributed by atoms with Gasteiger partial charge in [0.1, 0.15) is 5.82 Å². The van der Waals surface area contributed by atoms with Crippen molar-refractivity contribution >= 4 is 22.5 Å². The lowest BCUT2D eigenvalue weighted by Crippen LogP contribution is -2.38. The number of rotatable bonds is 4. The number of anilines is 1. The molecule has 4 aromatic rings. The van der Waals surface area contributed by atoms with Gasteiger partial charge in [-0.2, -0.15) is 5.10 Å². The standard InChI is InChI=1S/C24H22FN5O/c1-29-12-17-14-30(13-16-6-4-10-21-18(16)7-5-11-26-21)15-19(23(17)28-29)24(31)27-22-9-3-2-8-20(22)25/h2-12,19H,13-15H2,1H3,(H,27,31). The molecule has 2 aromatic carbocycles. The molecule has 0 radical (unpaired) electrons. The maximum Gasteiger partial charge on any atom is 0.234 e. The van der Waals surface area contributed by atoms with Gasteiger partial charge in [0.05, 0.1) is 22.8 Å². The molecule has 1 atom stereocenters. The molecule has 2 aromatic heterocycles. The Morgan fingerprint density at radius 1 is 1.16 bits per heavy atom. The van der Waals surface area contributed by atoms with Crippen LogP contribution in [0, 0.1) is 5.82 Å². The first-order valence-corrected chi connectivity index (χ1v) is 10.2. The molecular formula is C24H22FN5O. The molecule has 1 amide bonds. The molecule has 0 saturated heterocycles. The van der Waals surface area contributed by atoms with Gasteiger partial charge in [-0.05, 0) is 29.8 Å². The number of para-hydroxylation sites is 1. The van der Waals surface area contributed by atoms with Crippen LogP contribution in [0.5, 0.6) is 0 Å². The minimum Gasteiger partial charge on any atom is -0.323 e. The molecule has 31 heavy (non-hydrogen) atoms. The van der Waals surface area contributed by atoms with Gasteiger partial charge in [-0.15, -0.1) is 0 Å². The summed E-state index contributed by atoms with van der Waals surface area (Å²) in [5.41, 5.74) is 4.06. The van der Waals surface area contributed by atoms with Gasteiger partial charge in [0.25, 0.3) is 0 Å². The average molecular weight is 415 g/mol. The van der Waals surface area contributed by atoms with E-state index in [4.69, 9.17) is 0 Å². The van der Waals surface area contributed by atoms with Crippen LogP contribution >= 0.6 is 0 Å². The molecule has 1 unspecified atom stereocenters. The second kappa shape index (κ2) is 7.92. The molecule has 0 spiro atoms. The highest BCUT2D eigenvalue weighted by Gasteiger charge is 2.33. The number of pyridine rings is 1. The maximum atomic E-state index is 14.1. The Hall–Kier alpha value is -3.58. The van der Waals surface area contributed by atoms with Crippen LogP contribution in [0.4, 0.5) is 10.1 Å². The third-order valence-electron chi connectivity index (χ3n) is 5.68. The van der Waals surface area contributed by atoms with E-state index >= 15 is 0 Å². The van der Waals surface area contributed by atoms with Gasteiger partial charge in [0, 0.05) is 50.0 Å². The lowest BCUT2D eigenvalue weighted by Gasteiger charge is -2.31. The lowest BCUT2D eigenvalue weighted by molar-refractivity contribution is -0.118. The van der Waals surface area contributed by atoms with Crippen LogP contribution in [0.25, 0.3) is 10.9 Å².